The maximum atomic E-state index is 11.9. The van der Waals surface area contributed by atoms with Gasteiger partial charge in [-0.05, 0) is 12.1 Å². The van der Waals surface area contributed by atoms with Crippen molar-refractivity contribution in [3.05, 3.63) is 35.9 Å². The Labute approximate surface area is 116 Å². The van der Waals surface area contributed by atoms with E-state index in [0.29, 0.717) is 18.4 Å². The van der Waals surface area contributed by atoms with E-state index in [0.717, 1.165) is 0 Å². The summed E-state index contributed by atoms with van der Waals surface area (Å²) in [7, 11) is 0. The Morgan fingerprint density at radius 2 is 2.10 bits per heavy atom. The maximum Gasteiger partial charge on any atom is 0.338 e. The average Bonchev–Trinajstić information content (AvgIpc) is 2.92. The lowest BCUT2D eigenvalue weighted by Crippen LogP contribution is -2.26. The SMILES string of the molecule is O=C1C[C@H]2[C@@H](COC(=O)c3ccccc3)[C@@H](O)C[C@H]2O1. The first-order chi connectivity index (χ1) is 9.65. The fourth-order valence-electron chi connectivity index (χ4n) is 3.04. The van der Waals surface area contributed by atoms with Crippen LogP contribution in [-0.4, -0.2) is 35.9 Å². The first-order valence-corrected chi connectivity index (χ1v) is 6.75. The molecule has 0 spiro atoms. The van der Waals surface area contributed by atoms with E-state index in [2.05, 4.69) is 0 Å². The van der Waals surface area contributed by atoms with Crippen molar-refractivity contribution in [1.29, 1.82) is 0 Å². The largest absolute Gasteiger partial charge is 0.462 e. The molecule has 20 heavy (non-hydrogen) atoms. The van der Waals surface area contributed by atoms with Crippen LogP contribution in [0.4, 0.5) is 0 Å². The van der Waals surface area contributed by atoms with Crippen molar-refractivity contribution in [1.82, 2.24) is 0 Å². The second kappa shape index (κ2) is 5.25. The Hall–Kier alpha value is -1.88. The quantitative estimate of drug-likeness (QED) is 0.839. The van der Waals surface area contributed by atoms with E-state index in [1.807, 2.05) is 6.07 Å². The lowest BCUT2D eigenvalue weighted by Gasteiger charge is -2.18. The van der Waals surface area contributed by atoms with Gasteiger partial charge < -0.3 is 14.6 Å². The number of esters is 2. The third kappa shape index (κ3) is 2.41. The lowest BCUT2D eigenvalue weighted by atomic mass is 9.93. The third-order valence-corrected chi connectivity index (χ3v) is 4.10. The van der Waals surface area contributed by atoms with Gasteiger partial charge in [0, 0.05) is 18.3 Å². The van der Waals surface area contributed by atoms with Crippen LogP contribution in [0.1, 0.15) is 23.2 Å². The first kappa shape index (κ1) is 13.1. The van der Waals surface area contributed by atoms with E-state index in [4.69, 9.17) is 9.47 Å². The molecule has 1 saturated carbocycles. The Morgan fingerprint density at radius 1 is 1.35 bits per heavy atom. The van der Waals surface area contributed by atoms with Crippen molar-refractivity contribution in [2.45, 2.75) is 25.0 Å². The van der Waals surface area contributed by atoms with Crippen LogP contribution in [0.5, 0.6) is 0 Å². The molecule has 3 rings (SSSR count). The fraction of sp³-hybridized carbons (Fsp3) is 0.467. The molecule has 1 aliphatic heterocycles. The molecular formula is C15H16O5. The molecule has 1 heterocycles. The van der Waals surface area contributed by atoms with Crippen LogP contribution < -0.4 is 0 Å². The summed E-state index contributed by atoms with van der Waals surface area (Å²) in [5.74, 6) is -0.905. The second-order valence-corrected chi connectivity index (χ2v) is 5.33. The molecule has 0 amide bonds. The number of hydrogen-bond donors (Lipinski definition) is 1. The molecule has 1 aliphatic carbocycles. The Balaban J connectivity index is 1.61. The highest BCUT2D eigenvalue weighted by Gasteiger charge is 2.50. The predicted octanol–water partition coefficient (Wildman–Crippen LogP) is 1.16. The Bertz CT molecular complexity index is 512. The molecule has 4 atom stereocenters. The molecule has 1 aromatic carbocycles. The molecule has 0 aromatic heterocycles. The molecule has 1 saturated heterocycles. The number of ether oxygens (including phenoxy) is 2. The number of rotatable bonds is 3. The molecule has 1 N–H and O–H groups in total. The number of aliphatic hydroxyl groups is 1. The zero-order valence-electron chi connectivity index (χ0n) is 10.9. The Kier molecular flexibility index (Phi) is 3.44. The van der Waals surface area contributed by atoms with Crippen LogP contribution in [0.2, 0.25) is 0 Å². The van der Waals surface area contributed by atoms with Gasteiger partial charge in [0.25, 0.3) is 0 Å². The van der Waals surface area contributed by atoms with Gasteiger partial charge in [0.1, 0.15) is 6.10 Å². The van der Waals surface area contributed by atoms with Gasteiger partial charge in [0.2, 0.25) is 0 Å². The van der Waals surface area contributed by atoms with Crippen LogP contribution in [0.15, 0.2) is 30.3 Å². The van der Waals surface area contributed by atoms with Crippen LogP contribution in [0.3, 0.4) is 0 Å². The van der Waals surface area contributed by atoms with E-state index in [9.17, 15) is 14.7 Å². The summed E-state index contributed by atoms with van der Waals surface area (Å²) < 4.78 is 10.4. The molecule has 5 nitrogen and oxygen atoms in total. The van der Waals surface area contributed by atoms with Gasteiger partial charge in [-0.25, -0.2) is 4.79 Å². The van der Waals surface area contributed by atoms with Crippen molar-refractivity contribution >= 4 is 11.9 Å². The zero-order valence-corrected chi connectivity index (χ0v) is 10.9. The van der Waals surface area contributed by atoms with Crippen LogP contribution in [-0.2, 0) is 14.3 Å². The standard InChI is InChI=1S/C15H16O5/c16-12-7-13-10(6-14(17)20-13)11(12)8-19-15(18)9-4-2-1-3-5-9/h1-5,10-13,16H,6-8H2/t10-,11+,12-,13+/m0/s1. The van der Waals surface area contributed by atoms with Crippen molar-refractivity contribution in [2.75, 3.05) is 6.61 Å². The number of carbonyl (C=O) groups excluding carboxylic acids is 2. The minimum absolute atomic E-state index is 0.0407. The zero-order chi connectivity index (χ0) is 14.1. The van der Waals surface area contributed by atoms with Gasteiger partial charge in [-0.3, -0.25) is 4.79 Å². The van der Waals surface area contributed by atoms with Crippen molar-refractivity contribution < 1.29 is 24.2 Å². The molecule has 2 aliphatic rings. The van der Waals surface area contributed by atoms with Crippen LogP contribution in [0, 0.1) is 11.8 Å². The van der Waals surface area contributed by atoms with Gasteiger partial charge in [-0.2, -0.15) is 0 Å². The number of carbonyl (C=O) groups is 2. The summed E-state index contributed by atoms with van der Waals surface area (Å²) in [5.41, 5.74) is 0.482. The predicted molar refractivity (Wildman–Crippen MR) is 68.8 cm³/mol. The minimum atomic E-state index is -0.582. The molecule has 0 bridgehead atoms. The summed E-state index contributed by atoms with van der Waals surface area (Å²) in [5, 5.41) is 9.98. The number of fused-ring (bicyclic) bond motifs is 1. The molecule has 1 aromatic rings. The average molecular weight is 276 g/mol. The third-order valence-electron chi connectivity index (χ3n) is 4.10. The van der Waals surface area contributed by atoms with Gasteiger partial charge in [0.05, 0.1) is 24.7 Å². The van der Waals surface area contributed by atoms with E-state index >= 15 is 0 Å². The highest BCUT2D eigenvalue weighted by molar-refractivity contribution is 5.89. The minimum Gasteiger partial charge on any atom is -0.462 e. The summed E-state index contributed by atoms with van der Waals surface area (Å²) in [6.07, 6.45) is -0.0706. The molecule has 106 valence electrons. The molecule has 0 radical (unpaired) electrons. The Morgan fingerprint density at radius 3 is 2.85 bits per heavy atom. The second-order valence-electron chi connectivity index (χ2n) is 5.33. The van der Waals surface area contributed by atoms with E-state index in [-0.39, 0.29) is 30.5 Å². The smallest absolute Gasteiger partial charge is 0.338 e. The topological polar surface area (TPSA) is 72.8 Å². The summed E-state index contributed by atoms with van der Waals surface area (Å²) in [6, 6.07) is 8.71. The first-order valence-electron chi connectivity index (χ1n) is 6.75. The summed E-state index contributed by atoms with van der Waals surface area (Å²) >= 11 is 0. The number of hydrogen-bond acceptors (Lipinski definition) is 5. The fourth-order valence-corrected chi connectivity index (χ4v) is 3.04. The number of benzene rings is 1. The summed E-state index contributed by atoms with van der Waals surface area (Å²) in [6.45, 7) is 0.118. The summed E-state index contributed by atoms with van der Waals surface area (Å²) in [4.78, 5) is 23.1. The van der Waals surface area contributed by atoms with Gasteiger partial charge >= 0.3 is 11.9 Å². The molecule has 0 unspecified atom stereocenters. The van der Waals surface area contributed by atoms with Crippen molar-refractivity contribution in [3.8, 4) is 0 Å². The highest BCUT2D eigenvalue weighted by Crippen LogP contribution is 2.41. The number of aliphatic hydroxyl groups excluding tert-OH is 1. The van der Waals surface area contributed by atoms with E-state index in [1.165, 1.54) is 0 Å². The van der Waals surface area contributed by atoms with E-state index in [1.54, 1.807) is 24.3 Å². The van der Waals surface area contributed by atoms with Crippen LogP contribution >= 0.6 is 0 Å². The van der Waals surface area contributed by atoms with Crippen molar-refractivity contribution in [3.63, 3.8) is 0 Å². The normalized spacial score (nSPS) is 31.8. The van der Waals surface area contributed by atoms with Crippen LogP contribution in [0.25, 0.3) is 0 Å². The van der Waals surface area contributed by atoms with Crippen molar-refractivity contribution in [2.24, 2.45) is 11.8 Å². The molecule has 2 fully saturated rings. The molecule has 5 heteroatoms. The monoisotopic (exact) mass is 276 g/mol. The van der Waals surface area contributed by atoms with Gasteiger partial charge in [-0.15, -0.1) is 0 Å². The van der Waals surface area contributed by atoms with Gasteiger partial charge in [-0.1, -0.05) is 18.2 Å². The highest BCUT2D eigenvalue weighted by atomic mass is 16.6. The lowest BCUT2D eigenvalue weighted by molar-refractivity contribution is -0.141. The van der Waals surface area contributed by atoms with Gasteiger partial charge in [0.15, 0.2) is 0 Å². The maximum absolute atomic E-state index is 11.9. The van der Waals surface area contributed by atoms with E-state index < -0.39 is 12.1 Å². The molecular weight excluding hydrogens is 260 g/mol.